The van der Waals surface area contributed by atoms with Crippen molar-refractivity contribution in [3.63, 3.8) is 0 Å². The minimum absolute atomic E-state index is 0.0122. The Labute approximate surface area is 286 Å². The van der Waals surface area contributed by atoms with Gasteiger partial charge in [0.05, 0.1) is 49.8 Å². The van der Waals surface area contributed by atoms with E-state index in [0.29, 0.717) is 25.2 Å². The van der Waals surface area contributed by atoms with Crippen LogP contribution in [0.4, 0.5) is 9.59 Å². The number of rotatable bonds is 17. The van der Waals surface area contributed by atoms with Crippen LogP contribution in [0, 0.1) is 11.3 Å². The Bertz CT molecular complexity index is 1510. The fourth-order valence-electron chi connectivity index (χ4n) is 5.80. The average Bonchev–Trinajstić information content (AvgIpc) is 3.68. The number of hydrogen-bond donors (Lipinski definition) is 5. The number of amides is 4. The Morgan fingerprint density at radius 1 is 1.08 bits per heavy atom. The van der Waals surface area contributed by atoms with Crippen LogP contribution in [0.5, 0.6) is 5.75 Å². The highest BCUT2D eigenvalue weighted by molar-refractivity contribution is 7.89. The highest BCUT2D eigenvalue weighted by Crippen LogP contribution is 2.33. The summed E-state index contributed by atoms with van der Waals surface area (Å²) in [4.78, 5) is 36.2. The van der Waals surface area contributed by atoms with Crippen LogP contribution in [-0.4, -0.2) is 107 Å². The molecule has 4 rings (SSSR count). The number of nitrogens with zero attached hydrogens (tertiary/aromatic N) is 1. The van der Waals surface area contributed by atoms with Crippen molar-refractivity contribution < 1.29 is 46.9 Å². The second-order valence-electron chi connectivity index (χ2n) is 12.9. The summed E-state index contributed by atoms with van der Waals surface area (Å²) in [5.41, 5.74) is 5.18. The van der Waals surface area contributed by atoms with E-state index in [1.807, 2.05) is 44.2 Å². The highest BCUT2D eigenvalue weighted by Gasteiger charge is 2.44. The minimum atomic E-state index is -4.18. The van der Waals surface area contributed by atoms with E-state index in [9.17, 15) is 27.9 Å². The van der Waals surface area contributed by atoms with Crippen molar-refractivity contribution in [3.8, 4) is 5.75 Å². The van der Waals surface area contributed by atoms with E-state index in [-0.39, 0.29) is 50.0 Å². The molecule has 0 aromatic heterocycles. The van der Waals surface area contributed by atoms with Gasteiger partial charge in [0.15, 0.2) is 6.29 Å². The van der Waals surface area contributed by atoms with Crippen LogP contribution in [0.1, 0.15) is 32.3 Å². The van der Waals surface area contributed by atoms with Gasteiger partial charge < -0.3 is 45.7 Å². The van der Waals surface area contributed by atoms with Crippen molar-refractivity contribution in [1.82, 2.24) is 20.3 Å². The predicted octanol–water partition coefficient (Wildman–Crippen LogP) is 1.35. The number of ether oxygens (including phenoxy) is 4. The van der Waals surface area contributed by atoms with Crippen LogP contribution in [-0.2, 0) is 35.4 Å². The van der Waals surface area contributed by atoms with Gasteiger partial charge >= 0.3 is 12.1 Å². The number of carbonyl (C=O) groups is 3. The first-order valence-corrected chi connectivity index (χ1v) is 17.6. The van der Waals surface area contributed by atoms with E-state index < -0.39 is 58.0 Å². The molecule has 2 fully saturated rings. The van der Waals surface area contributed by atoms with Crippen LogP contribution < -0.4 is 26.4 Å². The SMILES string of the molecule is COc1ccc(S(=O)(=O)N(C[C@H](O)[C@H](Cc2ccccc2)NC(=O)O[C@@H]2CO[C@@H]3OCC[C@@H]32)CC(C)(C)CCNC(=O)NCC(N)=O)cc1. The smallest absolute Gasteiger partial charge is 0.407 e. The largest absolute Gasteiger partial charge is 0.497 e. The van der Waals surface area contributed by atoms with E-state index in [1.165, 1.54) is 35.7 Å². The molecule has 270 valence electrons. The van der Waals surface area contributed by atoms with E-state index >= 15 is 0 Å². The van der Waals surface area contributed by atoms with Crippen molar-refractivity contribution >= 4 is 28.1 Å². The number of carbonyl (C=O) groups excluding carboxylic acids is 3. The molecule has 2 aliphatic heterocycles. The third-order valence-corrected chi connectivity index (χ3v) is 10.3. The second kappa shape index (κ2) is 17.1. The molecule has 6 N–H and O–H groups in total. The summed E-state index contributed by atoms with van der Waals surface area (Å²) in [7, 11) is -2.71. The topological polar surface area (TPSA) is 208 Å². The van der Waals surface area contributed by atoms with Gasteiger partial charge in [0.1, 0.15) is 11.9 Å². The van der Waals surface area contributed by atoms with E-state index in [1.54, 1.807) is 0 Å². The number of nitrogens with two attached hydrogens (primary N) is 1. The lowest BCUT2D eigenvalue weighted by Gasteiger charge is -2.35. The lowest BCUT2D eigenvalue weighted by molar-refractivity contribution is -0.117. The zero-order valence-corrected chi connectivity index (χ0v) is 28.8. The molecule has 5 atom stereocenters. The van der Waals surface area contributed by atoms with Gasteiger partial charge in [0.2, 0.25) is 15.9 Å². The molecule has 2 aromatic rings. The average molecular weight is 706 g/mol. The van der Waals surface area contributed by atoms with Crippen molar-refractivity contribution in [3.05, 3.63) is 60.2 Å². The van der Waals surface area contributed by atoms with Crippen molar-refractivity contribution in [2.75, 3.05) is 46.5 Å². The number of methoxy groups -OCH3 is 1. The maximum atomic E-state index is 14.1. The summed E-state index contributed by atoms with van der Waals surface area (Å²) in [6, 6.07) is 13.6. The van der Waals surface area contributed by atoms with Crippen molar-refractivity contribution in [2.24, 2.45) is 17.1 Å². The molecule has 0 spiro atoms. The third kappa shape index (κ3) is 11.0. The number of aliphatic hydroxyl groups excluding tert-OH is 1. The maximum absolute atomic E-state index is 14.1. The Balaban J connectivity index is 1.53. The lowest BCUT2D eigenvalue weighted by Crippen LogP contribution is -2.52. The van der Waals surface area contributed by atoms with Gasteiger partial charge in [-0.2, -0.15) is 4.31 Å². The number of nitrogens with one attached hydrogen (secondary N) is 3. The molecule has 0 aliphatic carbocycles. The number of alkyl carbamates (subject to hydrolysis) is 1. The molecule has 0 radical (unpaired) electrons. The highest BCUT2D eigenvalue weighted by atomic mass is 32.2. The lowest BCUT2D eigenvalue weighted by atomic mass is 9.89. The monoisotopic (exact) mass is 705 g/mol. The molecule has 49 heavy (non-hydrogen) atoms. The van der Waals surface area contributed by atoms with Crippen LogP contribution >= 0.6 is 0 Å². The van der Waals surface area contributed by atoms with E-state index in [4.69, 9.17) is 24.7 Å². The Hall–Kier alpha value is -3.96. The van der Waals surface area contributed by atoms with Gasteiger partial charge in [0, 0.05) is 19.6 Å². The summed E-state index contributed by atoms with van der Waals surface area (Å²) in [5.74, 6) is -0.300. The van der Waals surface area contributed by atoms with Crippen LogP contribution in [0.25, 0.3) is 0 Å². The molecule has 4 amide bonds. The number of aliphatic hydroxyl groups is 1. The number of sulfonamides is 1. The molecular weight excluding hydrogens is 658 g/mol. The number of urea groups is 1. The Morgan fingerprint density at radius 2 is 1.80 bits per heavy atom. The fourth-order valence-corrected chi connectivity index (χ4v) is 7.45. The van der Waals surface area contributed by atoms with Gasteiger partial charge in [0.25, 0.3) is 0 Å². The van der Waals surface area contributed by atoms with Crippen molar-refractivity contribution in [2.45, 2.75) is 62.5 Å². The van der Waals surface area contributed by atoms with Gasteiger partial charge in [-0.3, -0.25) is 4.79 Å². The Kier molecular flexibility index (Phi) is 13.2. The van der Waals surface area contributed by atoms with Crippen LogP contribution in [0.3, 0.4) is 0 Å². The summed E-state index contributed by atoms with van der Waals surface area (Å²) < 4.78 is 51.5. The predicted molar refractivity (Wildman–Crippen MR) is 178 cm³/mol. The molecule has 15 nitrogen and oxygen atoms in total. The number of fused-ring (bicyclic) bond motifs is 1. The summed E-state index contributed by atoms with van der Waals surface area (Å²) in [5, 5.41) is 19.5. The first-order chi connectivity index (χ1) is 23.3. The standard InChI is InChI=1S/C33H47N5O10S/c1-33(2,14-15-35-31(41)36-18-29(34)40)21-38(49(43,44)24-11-9-23(45-3)10-12-24)19-27(39)26(17-22-7-5-4-6-8-22)37-32(42)48-28-20-47-30-25(28)13-16-46-30/h4-12,25-28,30,39H,13-21H2,1-3H3,(H2,34,40)(H,37,42)(H2,35,36,41)/t25-,26+,27+,28-,30+/m1/s1. The normalized spacial score (nSPS) is 20.2. The van der Waals surface area contributed by atoms with Crippen LogP contribution in [0.2, 0.25) is 0 Å². The van der Waals surface area contributed by atoms with Gasteiger partial charge in [-0.15, -0.1) is 0 Å². The summed E-state index contributed by atoms with van der Waals surface area (Å²) >= 11 is 0. The van der Waals surface area contributed by atoms with Gasteiger partial charge in [-0.05, 0) is 54.5 Å². The number of benzene rings is 2. The Morgan fingerprint density at radius 3 is 2.47 bits per heavy atom. The molecule has 2 aliphatic rings. The fraction of sp³-hybridized carbons (Fsp3) is 0.545. The third-order valence-electron chi connectivity index (χ3n) is 8.51. The van der Waals surface area contributed by atoms with E-state index in [0.717, 1.165) is 5.56 Å². The first kappa shape index (κ1) is 37.9. The molecule has 0 unspecified atom stereocenters. The quantitative estimate of drug-likeness (QED) is 0.160. The minimum Gasteiger partial charge on any atom is -0.497 e. The van der Waals surface area contributed by atoms with Gasteiger partial charge in [-0.1, -0.05) is 44.2 Å². The molecule has 0 saturated carbocycles. The zero-order valence-electron chi connectivity index (χ0n) is 28.0. The molecule has 2 heterocycles. The molecular formula is C33H47N5O10S. The molecule has 16 heteroatoms. The molecule has 2 aromatic carbocycles. The second-order valence-corrected chi connectivity index (χ2v) is 14.9. The molecule has 2 saturated heterocycles. The van der Waals surface area contributed by atoms with E-state index in [2.05, 4.69) is 16.0 Å². The summed E-state index contributed by atoms with van der Waals surface area (Å²) in [6.07, 6.45) is -1.82. The summed E-state index contributed by atoms with van der Waals surface area (Å²) in [6.45, 7) is 3.80. The van der Waals surface area contributed by atoms with Gasteiger partial charge in [-0.25, -0.2) is 18.0 Å². The maximum Gasteiger partial charge on any atom is 0.407 e. The van der Waals surface area contributed by atoms with Crippen LogP contribution in [0.15, 0.2) is 59.5 Å². The first-order valence-electron chi connectivity index (χ1n) is 16.1. The van der Waals surface area contributed by atoms with Crippen molar-refractivity contribution in [1.29, 1.82) is 0 Å². The number of primary amides is 1. The zero-order chi connectivity index (χ0) is 35.6. The number of hydrogen-bond acceptors (Lipinski definition) is 10. The molecule has 0 bridgehead atoms.